The SMILES string of the molecule is NC(c1cccc(-c2ccc3cnn(-c4cccc(CO)n4)c3c2)n1)C1(F)CCC1. The van der Waals surface area contributed by atoms with Gasteiger partial charge in [-0.1, -0.05) is 24.3 Å². The van der Waals surface area contributed by atoms with Gasteiger partial charge in [-0.25, -0.2) is 14.1 Å². The second-order valence-electron chi connectivity index (χ2n) is 7.79. The van der Waals surface area contributed by atoms with E-state index in [0.29, 0.717) is 30.0 Å². The van der Waals surface area contributed by atoms with Crippen molar-refractivity contribution in [3.05, 3.63) is 72.2 Å². The highest BCUT2D eigenvalue weighted by Gasteiger charge is 2.44. The summed E-state index contributed by atoms with van der Waals surface area (Å²) in [7, 11) is 0. The van der Waals surface area contributed by atoms with E-state index in [1.54, 1.807) is 23.0 Å². The molecule has 152 valence electrons. The van der Waals surface area contributed by atoms with Crippen molar-refractivity contribution in [1.82, 2.24) is 19.7 Å². The van der Waals surface area contributed by atoms with Crippen LogP contribution in [-0.2, 0) is 6.61 Å². The average molecular weight is 403 g/mol. The van der Waals surface area contributed by atoms with Crippen LogP contribution in [0.15, 0.2) is 60.8 Å². The van der Waals surface area contributed by atoms with Crippen molar-refractivity contribution >= 4 is 10.9 Å². The standard InChI is InChI=1S/C23H22FN5O/c24-23(10-3-11-23)22(25)19-6-2-5-18(28-19)15-8-9-16-13-26-29(20(16)12-15)21-7-1-4-17(14-30)27-21/h1-2,4-9,12-13,22,30H,3,10-11,14,25H2. The van der Waals surface area contributed by atoms with E-state index in [1.807, 2.05) is 42.5 Å². The summed E-state index contributed by atoms with van der Waals surface area (Å²) < 4.78 is 16.5. The lowest BCUT2D eigenvalue weighted by Crippen LogP contribution is -2.43. The number of pyridine rings is 2. The molecule has 3 N–H and O–H groups in total. The Hall–Kier alpha value is -3.16. The molecule has 0 spiro atoms. The van der Waals surface area contributed by atoms with Crippen LogP contribution in [0.2, 0.25) is 0 Å². The van der Waals surface area contributed by atoms with Gasteiger partial charge in [0.25, 0.3) is 0 Å². The van der Waals surface area contributed by atoms with Crippen molar-refractivity contribution in [2.24, 2.45) is 5.73 Å². The predicted molar refractivity (Wildman–Crippen MR) is 113 cm³/mol. The lowest BCUT2D eigenvalue weighted by atomic mass is 9.75. The summed E-state index contributed by atoms with van der Waals surface area (Å²) in [5, 5.41) is 14.8. The molecule has 1 unspecified atom stereocenters. The van der Waals surface area contributed by atoms with Crippen molar-refractivity contribution in [2.45, 2.75) is 37.6 Å². The number of aromatic nitrogens is 4. The molecule has 3 aromatic heterocycles. The molecule has 1 saturated carbocycles. The van der Waals surface area contributed by atoms with Crippen LogP contribution in [0.25, 0.3) is 28.0 Å². The molecule has 1 atom stereocenters. The van der Waals surface area contributed by atoms with Crippen molar-refractivity contribution in [3.63, 3.8) is 0 Å². The number of benzene rings is 1. The van der Waals surface area contributed by atoms with E-state index in [2.05, 4.69) is 15.1 Å². The number of aliphatic hydroxyl groups excluding tert-OH is 1. The Morgan fingerprint density at radius 3 is 2.70 bits per heavy atom. The molecule has 0 aliphatic heterocycles. The molecule has 0 bridgehead atoms. The van der Waals surface area contributed by atoms with Gasteiger partial charge in [0.05, 0.1) is 41.4 Å². The van der Waals surface area contributed by atoms with E-state index in [1.165, 1.54) is 0 Å². The van der Waals surface area contributed by atoms with Gasteiger partial charge in [0.1, 0.15) is 5.67 Å². The topological polar surface area (TPSA) is 89.8 Å². The summed E-state index contributed by atoms with van der Waals surface area (Å²) in [6, 6.07) is 16.2. The number of hydrogen-bond acceptors (Lipinski definition) is 5. The number of rotatable bonds is 5. The first-order valence-electron chi connectivity index (χ1n) is 10.0. The van der Waals surface area contributed by atoms with Crippen LogP contribution in [0.3, 0.4) is 0 Å². The normalized spacial score (nSPS) is 16.4. The lowest BCUT2D eigenvalue weighted by molar-refractivity contribution is 0.0327. The van der Waals surface area contributed by atoms with Crippen LogP contribution in [0.5, 0.6) is 0 Å². The van der Waals surface area contributed by atoms with Crippen LogP contribution < -0.4 is 5.73 Å². The summed E-state index contributed by atoms with van der Waals surface area (Å²) in [6.45, 7) is -0.134. The number of aliphatic hydroxyl groups is 1. The first-order chi connectivity index (χ1) is 14.6. The molecule has 0 radical (unpaired) electrons. The molecule has 3 heterocycles. The molecule has 1 aromatic carbocycles. The zero-order valence-corrected chi connectivity index (χ0v) is 16.4. The number of halogens is 1. The van der Waals surface area contributed by atoms with Gasteiger partial charge in [-0.2, -0.15) is 5.10 Å². The van der Waals surface area contributed by atoms with E-state index < -0.39 is 11.7 Å². The van der Waals surface area contributed by atoms with Crippen molar-refractivity contribution in [1.29, 1.82) is 0 Å². The Morgan fingerprint density at radius 1 is 1.10 bits per heavy atom. The van der Waals surface area contributed by atoms with E-state index in [4.69, 9.17) is 5.73 Å². The monoisotopic (exact) mass is 403 g/mol. The molecule has 30 heavy (non-hydrogen) atoms. The molecule has 6 nitrogen and oxygen atoms in total. The van der Waals surface area contributed by atoms with Crippen LogP contribution >= 0.6 is 0 Å². The molecule has 1 aliphatic rings. The zero-order chi connectivity index (χ0) is 20.7. The van der Waals surface area contributed by atoms with Gasteiger partial charge in [0, 0.05) is 10.9 Å². The van der Waals surface area contributed by atoms with Gasteiger partial charge in [-0.3, -0.25) is 4.98 Å². The van der Waals surface area contributed by atoms with Gasteiger partial charge >= 0.3 is 0 Å². The van der Waals surface area contributed by atoms with E-state index in [0.717, 1.165) is 28.6 Å². The number of hydrogen-bond donors (Lipinski definition) is 2. The van der Waals surface area contributed by atoms with Crippen LogP contribution in [-0.4, -0.2) is 30.5 Å². The highest BCUT2D eigenvalue weighted by Crippen LogP contribution is 2.44. The van der Waals surface area contributed by atoms with Crippen molar-refractivity contribution in [3.8, 4) is 17.1 Å². The summed E-state index contributed by atoms with van der Waals surface area (Å²) in [5.74, 6) is 0.627. The fourth-order valence-corrected chi connectivity index (χ4v) is 3.91. The van der Waals surface area contributed by atoms with E-state index >= 15 is 0 Å². The molecular weight excluding hydrogens is 381 g/mol. The minimum absolute atomic E-state index is 0.134. The molecule has 0 saturated heterocycles. The number of nitrogens with zero attached hydrogens (tertiary/aromatic N) is 4. The maximum atomic E-state index is 14.8. The zero-order valence-electron chi connectivity index (χ0n) is 16.4. The largest absolute Gasteiger partial charge is 0.390 e. The Labute approximate surface area is 173 Å². The van der Waals surface area contributed by atoms with E-state index in [-0.39, 0.29) is 6.61 Å². The fraction of sp³-hybridized carbons (Fsp3) is 0.261. The lowest BCUT2D eigenvalue weighted by Gasteiger charge is -2.38. The summed E-state index contributed by atoms with van der Waals surface area (Å²) in [6.07, 6.45) is 3.63. The maximum Gasteiger partial charge on any atom is 0.154 e. The maximum absolute atomic E-state index is 14.8. The highest BCUT2D eigenvalue weighted by molar-refractivity contribution is 5.84. The second-order valence-corrected chi connectivity index (χ2v) is 7.79. The number of nitrogens with two attached hydrogens (primary N) is 1. The number of fused-ring (bicyclic) bond motifs is 1. The van der Waals surface area contributed by atoms with E-state index in [9.17, 15) is 9.50 Å². The van der Waals surface area contributed by atoms with Gasteiger partial charge in [0.15, 0.2) is 5.82 Å². The summed E-state index contributed by atoms with van der Waals surface area (Å²) >= 11 is 0. The quantitative estimate of drug-likeness (QED) is 0.528. The van der Waals surface area contributed by atoms with Gasteiger partial charge in [-0.05, 0) is 49.6 Å². The Morgan fingerprint density at radius 2 is 1.93 bits per heavy atom. The van der Waals surface area contributed by atoms with Crippen molar-refractivity contribution in [2.75, 3.05) is 0 Å². The molecule has 7 heteroatoms. The molecule has 1 aliphatic carbocycles. The minimum atomic E-state index is -1.35. The Kier molecular flexibility index (Phi) is 4.56. The predicted octanol–water partition coefficient (Wildman–Crippen LogP) is 3.87. The number of alkyl halides is 1. The molecule has 4 aromatic rings. The third kappa shape index (κ3) is 3.16. The molecule has 1 fully saturated rings. The van der Waals surface area contributed by atoms with Crippen LogP contribution in [0.4, 0.5) is 4.39 Å². The van der Waals surface area contributed by atoms with Crippen molar-refractivity contribution < 1.29 is 9.50 Å². The molecule has 0 amide bonds. The highest BCUT2D eigenvalue weighted by atomic mass is 19.1. The Bertz CT molecular complexity index is 1220. The third-order valence-electron chi connectivity index (χ3n) is 5.87. The first kappa shape index (κ1) is 18.8. The van der Waals surface area contributed by atoms with Gasteiger partial charge < -0.3 is 10.8 Å². The van der Waals surface area contributed by atoms with Crippen LogP contribution in [0.1, 0.15) is 36.7 Å². The van der Waals surface area contributed by atoms with Crippen LogP contribution in [0, 0.1) is 0 Å². The fourth-order valence-electron chi connectivity index (χ4n) is 3.91. The Balaban J connectivity index is 1.55. The van der Waals surface area contributed by atoms with Gasteiger partial charge in [0.2, 0.25) is 0 Å². The first-order valence-corrected chi connectivity index (χ1v) is 10.0. The third-order valence-corrected chi connectivity index (χ3v) is 5.87. The molecular formula is C23H22FN5O. The second kappa shape index (κ2) is 7.27. The average Bonchev–Trinajstić information content (AvgIpc) is 3.20. The summed E-state index contributed by atoms with van der Waals surface area (Å²) in [5.41, 5.74) is 8.49. The minimum Gasteiger partial charge on any atom is -0.390 e. The smallest absolute Gasteiger partial charge is 0.154 e. The summed E-state index contributed by atoms with van der Waals surface area (Å²) in [4.78, 5) is 9.11. The molecule has 5 rings (SSSR count). The van der Waals surface area contributed by atoms with Gasteiger partial charge in [-0.15, -0.1) is 0 Å².